The summed E-state index contributed by atoms with van der Waals surface area (Å²) in [5.74, 6) is 0.813. The summed E-state index contributed by atoms with van der Waals surface area (Å²) in [6, 6.07) is 9.71. The first-order valence-corrected chi connectivity index (χ1v) is 6.36. The second-order valence-corrected chi connectivity index (χ2v) is 4.77. The van der Waals surface area contributed by atoms with Crippen LogP contribution in [0.1, 0.15) is 10.4 Å². The Morgan fingerprint density at radius 1 is 1.50 bits per heavy atom. The van der Waals surface area contributed by atoms with Crippen molar-refractivity contribution in [2.75, 3.05) is 12.4 Å². The number of ether oxygens (including phenoxy) is 1. The number of anilines is 1. The summed E-state index contributed by atoms with van der Waals surface area (Å²) in [4.78, 5) is 4.48. The van der Waals surface area contributed by atoms with E-state index in [9.17, 15) is 0 Å². The van der Waals surface area contributed by atoms with Gasteiger partial charge in [-0.1, -0.05) is 41.1 Å². The summed E-state index contributed by atoms with van der Waals surface area (Å²) in [6.45, 7) is 0.568. The largest absolute Gasteiger partial charge is 0.496 e. The maximum Gasteiger partial charge on any atom is 0.185 e. The molecule has 0 unspecified atom stereocenters. The highest BCUT2D eigenvalue weighted by atomic mass is 35.5. The molecule has 2 rings (SSSR count). The highest BCUT2D eigenvalue weighted by molar-refractivity contribution is 7.16. The van der Waals surface area contributed by atoms with Crippen LogP contribution in [-0.4, -0.2) is 12.1 Å². The SMILES string of the molecule is COc1ccccc1CNc1nc(Cl)c(C#N)s1. The van der Waals surface area contributed by atoms with Crippen LogP contribution in [0.3, 0.4) is 0 Å². The maximum absolute atomic E-state index is 8.79. The molecule has 0 aliphatic heterocycles. The Labute approximate surface area is 114 Å². The highest BCUT2D eigenvalue weighted by Crippen LogP contribution is 2.27. The number of nitriles is 1. The topological polar surface area (TPSA) is 57.9 Å². The number of nitrogens with one attached hydrogen (secondary N) is 1. The number of aromatic nitrogens is 1. The number of halogens is 1. The molecule has 0 bridgehead atoms. The van der Waals surface area contributed by atoms with E-state index in [1.807, 2.05) is 30.3 Å². The van der Waals surface area contributed by atoms with Gasteiger partial charge in [0.15, 0.2) is 10.3 Å². The number of hydrogen-bond acceptors (Lipinski definition) is 5. The van der Waals surface area contributed by atoms with E-state index in [4.69, 9.17) is 21.6 Å². The molecule has 92 valence electrons. The maximum atomic E-state index is 8.79. The van der Waals surface area contributed by atoms with Gasteiger partial charge in [-0.3, -0.25) is 0 Å². The Morgan fingerprint density at radius 2 is 2.28 bits per heavy atom. The molecule has 6 heteroatoms. The molecule has 18 heavy (non-hydrogen) atoms. The predicted octanol–water partition coefficient (Wildman–Crippen LogP) is 3.29. The quantitative estimate of drug-likeness (QED) is 0.933. The molecule has 0 atom stereocenters. The summed E-state index contributed by atoms with van der Waals surface area (Å²) >= 11 is 7.03. The van der Waals surface area contributed by atoms with Crippen LogP contribution < -0.4 is 10.1 Å². The van der Waals surface area contributed by atoms with Crippen molar-refractivity contribution in [3.8, 4) is 11.8 Å². The third-order valence-corrected chi connectivity index (χ3v) is 3.61. The van der Waals surface area contributed by atoms with E-state index in [0.29, 0.717) is 16.6 Å². The molecule has 0 radical (unpaired) electrons. The van der Waals surface area contributed by atoms with Crippen molar-refractivity contribution < 1.29 is 4.74 Å². The monoisotopic (exact) mass is 279 g/mol. The summed E-state index contributed by atoms with van der Waals surface area (Å²) in [5.41, 5.74) is 1.02. The smallest absolute Gasteiger partial charge is 0.185 e. The van der Waals surface area contributed by atoms with Gasteiger partial charge >= 0.3 is 0 Å². The molecule has 0 aliphatic carbocycles. The van der Waals surface area contributed by atoms with Crippen LogP contribution in [0.15, 0.2) is 24.3 Å². The number of para-hydroxylation sites is 1. The second-order valence-electron chi connectivity index (χ2n) is 3.42. The van der Waals surface area contributed by atoms with E-state index in [1.54, 1.807) is 7.11 Å². The van der Waals surface area contributed by atoms with Crippen molar-refractivity contribution in [3.05, 3.63) is 39.9 Å². The Bertz CT molecular complexity index is 591. The lowest BCUT2D eigenvalue weighted by Gasteiger charge is -2.08. The van der Waals surface area contributed by atoms with Crippen LogP contribution in [0.25, 0.3) is 0 Å². The van der Waals surface area contributed by atoms with Gasteiger partial charge in [0, 0.05) is 12.1 Å². The van der Waals surface area contributed by atoms with Crippen LogP contribution in [0.5, 0.6) is 5.75 Å². The third-order valence-electron chi connectivity index (χ3n) is 2.31. The normalized spacial score (nSPS) is 9.83. The van der Waals surface area contributed by atoms with Gasteiger partial charge in [0.2, 0.25) is 0 Å². The minimum Gasteiger partial charge on any atom is -0.496 e. The molecule has 2 aromatic rings. The zero-order chi connectivity index (χ0) is 13.0. The Hall–Kier alpha value is -1.77. The molecule has 1 N–H and O–H groups in total. The van der Waals surface area contributed by atoms with E-state index < -0.39 is 0 Å². The van der Waals surface area contributed by atoms with Crippen LogP contribution in [0, 0.1) is 11.3 Å². The number of benzene rings is 1. The van der Waals surface area contributed by atoms with Gasteiger partial charge in [0.1, 0.15) is 16.7 Å². The molecule has 4 nitrogen and oxygen atoms in total. The molecule has 0 aliphatic rings. The summed E-state index contributed by atoms with van der Waals surface area (Å²) in [6.07, 6.45) is 0. The zero-order valence-corrected chi connectivity index (χ0v) is 11.2. The first-order valence-electron chi connectivity index (χ1n) is 5.16. The molecule has 0 saturated carbocycles. The van der Waals surface area contributed by atoms with Crippen molar-refractivity contribution >= 4 is 28.1 Å². The molecule has 0 fully saturated rings. The minimum atomic E-state index is 0.241. The molecule has 0 amide bonds. The van der Waals surface area contributed by atoms with E-state index in [1.165, 1.54) is 11.3 Å². The lowest BCUT2D eigenvalue weighted by molar-refractivity contribution is 0.410. The van der Waals surface area contributed by atoms with Crippen molar-refractivity contribution in [1.82, 2.24) is 4.98 Å². The zero-order valence-electron chi connectivity index (χ0n) is 9.61. The van der Waals surface area contributed by atoms with Gasteiger partial charge in [-0.25, -0.2) is 4.98 Å². The van der Waals surface area contributed by atoms with Crippen molar-refractivity contribution in [2.45, 2.75) is 6.54 Å². The first-order chi connectivity index (χ1) is 8.74. The molecule has 1 heterocycles. The van der Waals surface area contributed by atoms with Gasteiger partial charge < -0.3 is 10.1 Å². The van der Waals surface area contributed by atoms with Crippen LogP contribution in [-0.2, 0) is 6.54 Å². The van der Waals surface area contributed by atoms with Gasteiger partial charge in [0.25, 0.3) is 0 Å². The number of hydrogen-bond donors (Lipinski definition) is 1. The average molecular weight is 280 g/mol. The summed E-state index contributed by atoms with van der Waals surface area (Å²) in [7, 11) is 1.63. The number of thiazole rings is 1. The van der Waals surface area contributed by atoms with Crippen molar-refractivity contribution in [2.24, 2.45) is 0 Å². The molecular formula is C12H10ClN3OS. The fourth-order valence-corrected chi connectivity index (χ4v) is 2.41. The fourth-order valence-electron chi connectivity index (χ4n) is 1.47. The van der Waals surface area contributed by atoms with E-state index in [-0.39, 0.29) is 5.15 Å². The lowest BCUT2D eigenvalue weighted by Crippen LogP contribution is -2.00. The Balaban J connectivity index is 2.09. The number of rotatable bonds is 4. The van der Waals surface area contributed by atoms with Crippen molar-refractivity contribution in [3.63, 3.8) is 0 Å². The van der Waals surface area contributed by atoms with Gasteiger partial charge in [-0.15, -0.1) is 0 Å². The Morgan fingerprint density at radius 3 is 2.94 bits per heavy atom. The number of methoxy groups -OCH3 is 1. The van der Waals surface area contributed by atoms with E-state index >= 15 is 0 Å². The van der Waals surface area contributed by atoms with Crippen molar-refractivity contribution in [1.29, 1.82) is 5.26 Å². The van der Waals surface area contributed by atoms with E-state index in [0.717, 1.165) is 11.3 Å². The van der Waals surface area contributed by atoms with Crippen LogP contribution in [0.4, 0.5) is 5.13 Å². The minimum absolute atomic E-state index is 0.241. The van der Waals surface area contributed by atoms with Crippen LogP contribution in [0.2, 0.25) is 5.15 Å². The fraction of sp³-hybridized carbons (Fsp3) is 0.167. The molecular weight excluding hydrogens is 270 g/mol. The van der Waals surface area contributed by atoms with Gasteiger partial charge in [0.05, 0.1) is 7.11 Å². The number of nitrogens with zero attached hydrogens (tertiary/aromatic N) is 2. The summed E-state index contributed by atoms with van der Waals surface area (Å²) in [5, 5.41) is 12.8. The second kappa shape index (κ2) is 5.71. The van der Waals surface area contributed by atoms with E-state index in [2.05, 4.69) is 10.3 Å². The summed E-state index contributed by atoms with van der Waals surface area (Å²) < 4.78 is 5.25. The molecule has 1 aromatic heterocycles. The van der Waals surface area contributed by atoms with Gasteiger partial charge in [-0.05, 0) is 6.07 Å². The Kier molecular flexibility index (Phi) is 4.03. The molecule has 1 aromatic carbocycles. The predicted molar refractivity (Wildman–Crippen MR) is 72.2 cm³/mol. The first kappa shape index (κ1) is 12.7. The highest BCUT2D eigenvalue weighted by Gasteiger charge is 2.09. The average Bonchev–Trinajstić information content (AvgIpc) is 2.77. The molecule has 0 spiro atoms. The van der Waals surface area contributed by atoms with Crippen LogP contribution >= 0.6 is 22.9 Å². The molecule has 0 saturated heterocycles. The van der Waals surface area contributed by atoms with Gasteiger partial charge in [-0.2, -0.15) is 5.26 Å². The lowest BCUT2D eigenvalue weighted by atomic mass is 10.2. The standard InChI is InChI=1S/C12H10ClN3OS/c1-17-9-5-3-2-4-8(9)7-15-12-16-11(13)10(6-14)18-12/h2-5H,7H2,1H3,(H,15,16). The third kappa shape index (κ3) is 2.73.